The van der Waals surface area contributed by atoms with Crippen LogP contribution in [-0.2, 0) is 4.79 Å². The van der Waals surface area contributed by atoms with Gasteiger partial charge in [0, 0.05) is 11.9 Å². The first-order chi connectivity index (χ1) is 10.7. The van der Waals surface area contributed by atoms with E-state index in [1.165, 1.54) is 12.3 Å². The predicted molar refractivity (Wildman–Crippen MR) is 82.0 cm³/mol. The summed E-state index contributed by atoms with van der Waals surface area (Å²) in [6.07, 6.45) is 1.50. The van der Waals surface area contributed by atoms with Crippen LogP contribution in [0.15, 0.2) is 47.5 Å². The van der Waals surface area contributed by atoms with Crippen molar-refractivity contribution in [1.29, 1.82) is 0 Å². The maximum Gasteiger partial charge on any atom is 0.237 e. The smallest absolute Gasteiger partial charge is 0.237 e. The number of aliphatic imine (C=N–C) groups is 1. The third-order valence-corrected chi connectivity index (χ3v) is 3.70. The number of fused-ring (bicyclic) bond motifs is 2. The van der Waals surface area contributed by atoms with E-state index in [-0.39, 0.29) is 11.7 Å². The Balaban J connectivity index is 1.74. The number of aromatic amines is 1. The highest BCUT2D eigenvalue weighted by molar-refractivity contribution is 6.12. The number of carbonyl (C=O) groups is 1. The molecular weight excluding hydrogens is 283 g/mol. The zero-order chi connectivity index (χ0) is 15.1. The number of nitrogens with one attached hydrogen (secondary N) is 2. The van der Waals surface area contributed by atoms with Gasteiger partial charge in [0.2, 0.25) is 5.91 Å². The molecule has 2 aromatic carbocycles. The lowest BCUT2D eigenvalue weighted by molar-refractivity contribution is -0.115. The van der Waals surface area contributed by atoms with Crippen LogP contribution < -0.4 is 5.32 Å². The van der Waals surface area contributed by atoms with Crippen molar-refractivity contribution in [3.05, 3.63) is 53.8 Å². The van der Waals surface area contributed by atoms with Crippen LogP contribution in [0.4, 0.5) is 15.9 Å². The molecule has 0 aliphatic carbocycles. The fourth-order valence-corrected chi connectivity index (χ4v) is 2.63. The number of hydrogen-bond acceptors (Lipinski definition) is 3. The van der Waals surface area contributed by atoms with Crippen LogP contribution >= 0.6 is 0 Å². The number of aromatic nitrogens is 2. The molecule has 0 radical (unpaired) electrons. The van der Waals surface area contributed by atoms with Crippen molar-refractivity contribution in [3.63, 3.8) is 0 Å². The Labute approximate surface area is 124 Å². The average molecular weight is 294 g/mol. The monoisotopic (exact) mass is 294 g/mol. The average Bonchev–Trinajstić information content (AvgIpc) is 3.06. The van der Waals surface area contributed by atoms with Crippen LogP contribution in [0.5, 0.6) is 0 Å². The largest absolute Gasteiger partial charge is 0.325 e. The van der Waals surface area contributed by atoms with Crippen LogP contribution in [0.1, 0.15) is 11.5 Å². The number of rotatable bonds is 2. The molecule has 0 bridgehead atoms. The van der Waals surface area contributed by atoms with E-state index in [4.69, 9.17) is 0 Å². The molecule has 22 heavy (non-hydrogen) atoms. The molecule has 1 aromatic heterocycles. The molecule has 1 amide bonds. The summed E-state index contributed by atoms with van der Waals surface area (Å²) < 4.78 is 13.9. The molecule has 2 N–H and O–H groups in total. The van der Waals surface area contributed by atoms with Gasteiger partial charge in [-0.05, 0) is 23.8 Å². The number of halogens is 1. The maximum absolute atomic E-state index is 13.9. The third kappa shape index (κ3) is 1.88. The first-order valence-corrected chi connectivity index (χ1v) is 6.80. The van der Waals surface area contributed by atoms with Crippen molar-refractivity contribution in [2.45, 2.75) is 5.92 Å². The molecule has 4 rings (SSSR count). The van der Waals surface area contributed by atoms with Crippen molar-refractivity contribution >= 4 is 34.5 Å². The molecule has 0 saturated heterocycles. The van der Waals surface area contributed by atoms with E-state index in [0.29, 0.717) is 10.9 Å². The van der Waals surface area contributed by atoms with E-state index in [0.717, 1.165) is 11.3 Å². The van der Waals surface area contributed by atoms with Crippen LogP contribution in [0.2, 0.25) is 0 Å². The van der Waals surface area contributed by atoms with Crippen molar-refractivity contribution < 1.29 is 9.18 Å². The van der Waals surface area contributed by atoms with Crippen molar-refractivity contribution in [3.8, 4) is 0 Å². The Morgan fingerprint density at radius 1 is 1.18 bits per heavy atom. The van der Waals surface area contributed by atoms with E-state index in [1.807, 2.05) is 24.3 Å². The van der Waals surface area contributed by atoms with Crippen LogP contribution in [0.25, 0.3) is 10.9 Å². The van der Waals surface area contributed by atoms with Gasteiger partial charge in [-0.1, -0.05) is 24.3 Å². The van der Waals surface area contributed by atoms with Gasteiger partial charge in [0.15, 0.2) is 5.82 Å². The maximum atomic E-state index is 13.9. The molecule has 0 spiro atoms. The van der Waals surface area contributed by atoms with E-state index in [1.54, 1.807) is 12.1 Å². The fourth-order valence-electron chi connectivity index (χ4n) is 2.63. The number of nitrogens with zero attached hydrogens (tertiary/aromatic N) is 2. The van der Waals surface area contributed by atoms with Crippen LogP contribution in [0.3, 0.4) is 0 Å². The molecule has 108 valence electrons. The Morgan fingerprint density at radius 3 is 2.95 bits per heavy atom. The lowest BCUT2D eigenvalue weighted by atomic mass is 10.0. The van der Waals surface area contributed by atoms with E-state index in [9.17, 15) is 9.18 Å². The summed E-state index contributed by atoms with van der Waals surface area (Å²) in [5.41, 5.74) is 2.21. The van der Waals surface area contributed by atoms with E-state index >= 15 is 0 Å². The highest BCUT2D eigenvalue weighted by Crippen LogP contribution is 2.32. The number of carbonyl (C=O) groups excluding carboxylic acids is 1. The number of hydrogen-bond donors (Lipinski definition) is 2. The molecule has 1 atom stereocenters. The van der Waals surface area contributed by atoms with Gasteiger partial charge in [0.1, 0.15) is 11.7 Å². The Bertz CT molecular complexity index is 915. The van der Waals surface area contributed by atoms with E-state index < -0.39 is 11.7 Å². The standard InChI is InChI=1S/C16H11FN4O/c17-11-5-3-7-13-14(11)15(21-20-13)18-8-10-9-4-1-2-6-12(9)19-16(10)22/h1-8,10H,(H,19,22)(H,20,21). The number of para-hydroxylation sites is 1. The molecule has 0 fully saturated rings. The van der Waals surface area contributed by atoms with Crippen molar-refractivity contribution in [2.24, 2.45) is 4.99 Å². The Kier molecular flexibility index (Phi) is 2.75. The summed E-state index contributed by atoms with van der Waals surface area (Å²) in [5, 5.41) is 9.85. The first kappa shape index (κ1) is 12.7. The predicted octanol–water partition coefficient (Wildman–Crippen LogP) is 3.14. The Morgan fingerprint density at radius 2 is 2.05 bits per heavy atom. The fraction of sp³-hybridized carbons (Fsp3) is 0.0625. The first-order valence-electron chi connectivity index (χ1n) is 6.80. The van der Waals surface area contributed by atoms with Crippen LogP contribution in [0, 0.1) is 5.82 Å². The molecule has 1 aliphatic rings. The van der Waals surface area contributed by atoms with E-state index in [2.05, 4.69) is 20.5 Å². The zero-order valence-corrected chi connectivity index (χ0v) is 11.4. The van der Waals surface area contributed by atoms with Gasteiger partial charge in [0.25, 0.3) is 0 Å². The second-order valence-corrected chi connectivity index (χ2v) is 5.04. The Hall–Kier alpha value is -3.02. The molecule has 2 heterocycles. The molecule has 1 aliphatic heterocycles. The van der Waals surface area contributed by atoms with Crippen molar-refractivity contribution in [2.75, 3.05) is 5.32 Å². The van der Waals surface area contributed by atoms with Gasteiger partial charge in [0.05, 0.1) is 10.9 Å². The number of amides is 1. The topological polar surface area (TPSA) is 70.1 Å². The van der Waals surface area contributed by atoms with Gasteiger partial charge in [-0.25, -0.2) is 9.38 Å². The van der Waals surface area contributed by atoms with Gasteiger partial charge in [-0.2, -0.15) is 5.10 Å². The number of H-pyrrole nitrogens is 1. The third-order valence-electron chi connectivity index (χ3n) is 3.70. The summed E-state index contributed by atoms with van der Waals surface area (Å²) in [7, 11) is 0. The minimum atomic E-state index is -0.491. The molecule has 5 nitrogen and oxygen atoms in total. The zero-order valence-electron chi connectivity index (χ0n) is 11.4. The molecule has 3 aromatic rings. The summed E-state index contributed by atoms with van der Waals surface area (Å²) in [6.45, 7) is 0. The molecule has 0 saturated carbocycles. The summed E-state index contributed by atoms with van der Waals surface area (Å²) in [4.78, 5) is 16.2. The molecular formula is C16H11FN4O. The molecule has 1 unspecified atom stereocenters. The van der Waals surface area contributed by atoms with Crippen LogP contribution in [-0.4, -0.2) is 22.3 Å². The quantitative estimate of drug-likeness (QED) is 0.713. The lowest BCUT2D eigenvalue weighted by Crippen LogP contribution is -2.12. The second-order valence-electron chi connectivity index (χ2n) is 5.04. The second kappa shape index (κ2) is 4.77. The van der Waals surface area contributed by atoms with Gasteiger partial charge in [-0.3, -0.25) is 9.89 Å². The van der Waals surface area contributed by atoms with Crippen molar-refractivity contribution in [1.82, 2.24) is 10.2 Å². The number of benzene rings is 2. The van der Waals surface area contributed by atoms with Gasteiger partial charge >= 0.3 is 0 Å². The summed E-state index contributed by atoms with van der Waals surface area (Å²) >= 11 is 0. The van der Waals surface area contributed by atoms with Gasteiger partial charge in [-0.15, -0.1) is 0 Å². The summed E-state index contributed by atoms with van der Waals surface area (Å²) in [6, 6.07) is 12.1. The SMILES string of the molecule is O=C1Nc2ccccc2C1C=Nc1n[nH]c2cccc(F)c12. The molecule has 6 heteroatoms. The number of anilines is 1. The van der Waals surface area contributed by atoms with Gasteiger partial charge < -0.3 is 5.32 Å². The normalized spacial score (nSPS) is 17.1. The minimum Gasteiger partial charge on any atom is -0.325 e. The minimum absolute atomic E-state index is 0.148. The summed E-state index contributed by atoms with van der Waals surface area (Å²) in [5.74, 6) is -0.792. The highest BCUT2D eigenvalue weighted by Gasteiger charge is 2.28. The highest BCUT2D eigenvalue weighted by atomic mass is 19.1. The lowest BCUT2D eigenvalue weighted by Gasteiger charge is -2.00.